The van der Waals surface area contributed by atoms with E-state index in [1.165, 1.54) is 5.56 Å². The maximum absolute atomic E-state index is 11.6. The molecule has 1 rings (SSSR count). The van der Waals surface area contributed by atoms with Gasteiger partial charge in [0.2, 0.25) is 0 Å². The summed E-state index contributed by atoms with van der Waals surface area (Å²) in [4.78, 5) is 11.6. The third-order valence-electron chi connectivity index (χ3n) is 2.63. The molecule has 0 aliphatic rings. The molecule has 0 bridgehead atoms. The highest BCUT2D eigenvalue weighted by molar-refractivity contribution is 5.82. The first-order valence-electron chi connectivity index (χ1n) is 6.02. The number of aliphatic hydroxyl groups excluding tert-OH is 1. The molecule has 0 heterocycles. The number of aryl methyl sites for hydroxylation is 2. The van der Waals surface area contributed by atoms with Crippen molar-refractivity contribution in [3.8, 4) is 5.75 Å². The van der Waals surface area contributed by atoms with Gasteiger partial charge in [0.15, 0.2) is 5.78 Å². The van der Waals surface area contributed by atoms with Gasteiger partial charge in [-0.2, -0.15) is 0 Å². The molecule has 0 aliphatic heterocycles. The molecule has 1 aromatic rings. The van der Waals surface area contributed by atoms with Gasteiger partial charge in [-0.15, -0.1) is 0 Å². The maximum atomic E-state index is 11.6. The minimum absolute atomic E-state index is 0.0200. The lowest BCUT2D eigenvalue weighted by atomic mass is 10.1. The van der Waals surface area contributed by atoms with Crippen LogP contribution < -0.4 is 4.74 Å². The highest BCUT2D eigenvalue weighted by atomic mass is 16.5. The Labute approximate surface area is 108 Å². The number of ether oxygens (including phenoxy) is 1. The van der Waals surface area contributed by atoms with Crippen LogP contribution in [-0.4, -0.2) is 24.1 Å². The summed E-state index contributed by atoms with van der Waals surface area (Å²) in [5, 5.41) is 8.72. The van der Waals surface area contributed by atoms with Crippen molar-refractivity contribution in [1.82, 2.24) is 0 Å². The Kier molecular flexibility index (Phi) is 5.59. The molecule has 0 amide bonds. The Balaban J connectivity index is 2.45. The molecule has 0 unspecified atom stereocenters. The number of carbonyl (C=O) groups is 1. The zero-order valence-corrected chi connectivity index (χ0v) is 11.0. The summed E-state index contributed by atoms with van der Waals surface area (Å²) >= 11 is 0. The molecule has 0 fully saturated rings. The third kappa shape index (κ3) is 4.72. The lowest BCUT2D eigenvalue weighted by molar-refractivity contribution is -0.120. The fourth-order valence-electron chi connectivity index (χ4n) is 1.70. The number of carbonyl (C=O) groups excluding carboxylic acids is 1. The van der Waals surface area contributed by atoms with E-state index >= 15 is 0 Å². The van der Waals surface area contributed by atoms with E-state index in [-0.39, 0.29) is 25.4 Å². The van der Waals surface area contributed by atoms with Crippen LogP contribution >= 0.6 is 0 Å². The van der Waals surface area contributed by atoms with Crippen molar-refractivity contribution in [1.29, 1.82) is 0 Å². The minimum atomic E-state index is -0.0200. The summed E-state index contributed by atoms with van der Waals surface area (Å²) in [6.07, 6.45) is 0.737. The van der Waals surface area contributed by atoms with Crippen LogP contribution in [0.25, 0.3) is 0 Å². The van der Waals surface area contributed by atoms with E-state index in [0.717, 1.165) is 16.9 Å². The molecule has 0 spiro atoms. The van der Waals surface area contributed by atoms with E-state index in [2.05, 4.69) is 6.58 Å². The van der Waals surface area contributed by atoms with E-state index in [0.29, 0.717) is 6.42 Å². The van der Waals surface area contributed by atoms with Crippen LogP contribution in [0.4, 0.5) is 0 Å². The Morgan fingerprint density at radius 2 is 2.11 bits per heavy atom. The highest BCUT2D eigenvalue weighted by Gasteiger charge is 2.07. The van der Waals surface area contributed by atoms with Gasteiger partial charge >= 0.3 is 0 Å². The Hall–Kier alpha value is -1.61. The number of rotatable bonds is 7. The standard InChI is InChI=1S/C15H20O3/c1-11-4-5-15(13(3)8-11)18-10-14(17)9-12(2)6-7-16/h4-5,8,16H,2,6-7,9-10H2,1,3H3. The minimum Gasteiger partial charge on any atom is -0.486 e. The summed E-state index contributed by atoms with van der Waals surface area (Å²) in [7, 11) is 0. The Morgan fingerprint density at radius 1 is 1.39 bits per heavy atom. The summed E-state index contributed by atoms with van der Waals surface area (Å²) < 4.78 is 5.48. The van der Waals surface area contributed by atoms with Crippen molar-refractivity contribution in [2.75, 3.05) is 13.2 Å². The second-order valence-electron chi connectivity index (χ2n) is 4.50. The number of benzene rings is 1. The molecule has 0 saturated heterocycles. The van der Waals surface area contributed by atoms with Gasteiger partial charge in [0.1, 0.15) is 12.4 Å². The first kappa shape index (κ1) is 14.5. The zero-order valence-electron chi connectivity index (χ0n) is 11.0. The van der Waals surface area contributed by atoms with E-state index in [9.17, 15) is 4.79 Å². The quantitative estimate of drug-likeness (QED) is 0.754. The summed E-state index contributed by atoms with van der Waals surface area (Å²) in [5.41, 5.74) is 2.94. The van der Waals surface area contributed by atoms with Gasteiger partial charge in [0, 0.05) is 13.0 Å². The van der Waals surface area contributed by atoms with E-state index in [1.54, 1.807) is 0 Å². The lowest BCUT2D eigenvalue weighted by Gasteiger charge is -2.09. The highest BCUT2D eigenvalue weighted by Crippen LogP contribution is 2.18. The normalized spacial score (nSPS) is 10.2. The van der Waals surface area contributed by atoms with Crippen LogP contribution in [0.5, 0.6) is 5.75 Å². The van der Waals surface area contributed by atoms with Crippen LogP contribution in [0.1, 0.15) is 24.0 Å². The number of hydrogen-bond acceptors (Lipinski definition) is 3. The molecule has 0 atom stereocenters. The number of aliphatic hydroxyl groups is 1. The van der Waals surface area contributed by atoms with Crippen LogP contribution in [-0.2, 0) is 4.79 Å². The van der Waals surface area contributed by atoms with Gasteiger partial charge in [0.25, 0.3) is 0 Å². The fraction of sp³-hybridized carbons (Fsp3) is 0.400. The Morgan fingerprint density at radius 3 is 2.72 bits per heavy atom. The number of hydrogen-bond donors (Lipinski definition) is 1. The van der Waals surface area contributed by atoms with Gasteiger partial charge in [-0.05, 0) is 31.9 Å². The molecule has 18 heavy (non-hydrogen) atoms. The largest absolute Gasteiger partial charge is 0.486 e. The molecule has 1 aromatic carbocycles. The van der Waals surface area contributed by atoms with Gasteiger partial charge in [-0.1, -0.05) is 29.8 Å². The van der Waals surface area contributed by atoms with Crippen molar-refractivity contribution in [3.05, 3.63) is 41.5 Å². The summed E-state index contributed by atoms with van der Waals surface area (Å²) in [6.45, 7) is 7.78. The molecule has 3 heteroatoms. The van der Waals surface area contributed by atoms with Crippen molar-refractivity contribution in [2.24, 2.45) is 0 Å². The maximum Gasteiger partial charge on any atom is 0.174 e. The van der Waals surface area contributed by atoms with E-state index in [1.807, 2.05) is 32.0 Å². The zero-order chi connectivity index (χ0) is 13.5. The smallest absolute Gasteiger partial charge is 0.174 e. The van der Waals surface area contributed by atoms with Gasteiger partial charge < -0.3 is 9.84 Å². The van der Waals surface area contributed by atoms with Crippen molar-refractivity contribution in [2.45, 2.75) is 26.7 Å². The van der Waals surface area contributed by atoms with E-state index < -0.39 is 0 Å². The fourth-order valence-corrected chi connectivity index (χ4v) is 1.70. The van der Waals surface area contributed by atoms with Crippen molar-refractivity contribution < 1.29 is 14.6 Å². The number of Topliss-reactive ketones (excluding diaryl/α,β-unsaturated/α-hetero) is 1. The second-order valence-corrected chi connectivity index (χ2v) is 4.50. The molecule has 0 radical (unpaired) electrons. The molecule has 0 aliphatic carbocycles. The molecule has 0 aromatic heterocycles. The van der Waals surface area contributed by atoms with Crippen LogP contribution in [0.3, 0.4) is 0 Å². The average molecular weight is 248 g/mol. The second kappa shape index (κ2) is 6.97. The SMILES string of the molecule is C=C(CCO)CC(=O)COc1ccc(C)cc1C. The Bertz CT molecular complexity index is 435. The topological polar surface area (TPSA) is 46.5 Å². The van der Waals surface area contributed by atoms with Crippen LogP contribution in [0.15, 0.2) is 30.4 Å². The van der Waals surface area contributed by atoms with Gasteiger partial charge in [-0.25, -0.2) is 0 Å². The van der Waals surface area contributed by atoms with Gasteiger partial charge in [0.05, 0.1) is 0 Å². The summed E-state index contributed by atoms with van der Waals surface area (Å²) in [5.74, 6) is 0.718. The molecular formula is C15H20O3. The lowest BCUT2D eigenvalue weighted by Crippen LogP contribution is -2.12. The van der Waals surface area contributed by atoms with E-state index in [4.69, 9.17) is 9.84 Å². The molecular weight excluding hydrogens is 228 g/mol. The molecule has 98 valence electrons. The first-order valence-corrected chi connectivity index (χ1v) is 6.02. The predicted octanol–water partition coefficient (Wildman–Crippen LogP) is 2.58. The molecule has 1 N–H and O–H groups in total. The van der Waals surface area contributed by atoms with Gasteiger partial charge in [-0.3, -0.25) is 4.79 Å². The predicted molar refractivity (Wildman–Crippen MR) is 71.9 cm³/mol. The molecule has 0 saturated carbocycles. The van der Waals surface area contributed by atoms with Crippen molar-refractivity contribution >= 4 is 5.78 Å². The van der Waals surface area contributed by atoms with Crippen molar-refractivity contribution in [3.63, 3.8) is 0 Å². The number of ketones is 1. The average Bonchev–Trinajstić information content (AvgIpc) is 2.28. The first-order chi connectivity index (χ1) is 8.52. The van der Waals surface area contributed by atoms with Crippen LogP contribution in [0, 0.1) is 13.8 Å². The molecule has 3 nitrogen and oxygen atoms in total. The monoisotopic (exact) mass is 248 g/mol. The summed E-state index contributed by atoms with van der Waals surface area (Å²) in [6, 6.07) is 5.85. The third-order valence-corrected chi connectivity index (χ3v) is 2.63. The van der Waals surface area contributed by atoms with Crippen LogP contribution in [0.2, 0.25) is 0 Å².